The highest BCUT2D eigenvalue weighted by molar-refractivity contribution is 6.05. The van der Waals surface area contributed by atoms with E-state index in [0.29, 0.717) is 12.4 Å². The first-order valence-electron chi connectivity index (χ1n) is 6.72. The zero-order valence-corrected chi connectivity index (χ0v) is 11.5. The first-order chi connectivity index (χ1) is 9.54. The number of hydrogen-bond acceptors (Lipinski definition) is 3. The topological polar surface area (TPSA) is 63.6 Å². The van der Waals surface area contributed by atoms with E-state index in [1.165, 1.54) is 12.1 Å². The summed E-state index contributed by atoms with van der Waals surface area (Å²) in [5.74, 6) is -2.41. The molecule has 0 saturated heterocycles. The second kappa shape index (κ2) is 8.30. The van der Waals surface area contributed by atoms with Crippen LogP contribution in [0.3, 0.4) is 0 Å². The average molecular weight is 282 g/mol. The first kappa shape index (κ1) is 16.1. The average Bonchev–Trinajstić information content (AvgIpc) is 2.37. The van der Waals surface area contributed by atoms with Crippen LogP contribution in [-0.4, -0.2) is 23.5 Å². The third-order valence-electron chi connectivity index (χ3n) is 2.82. The lowest BCUT2D eigenvalue weighted by Crippen LogP contribution is -2.09. The minimum absolute atomic E-state index is 0.217. The van der Waals surface area contributed by atoms with Crippen LogP contribution < -0.4 is 4.74 Å². The Labute approximate surface area is 117 Å². The van der Waals surface area contributed by atoms with Crippen LogP contribution in [0.1, 0.15) is 49.4 Å². The number of carboxylic acid groups (broad SMARTS) is 1. The number of unbranched alkanes of at least 4 members (excludes halogenated alkanes) is 3. The monoisotopic (exact) mass is 282 g/mol. The SMILES string of the molecule is CCCCCCOc1ccc(C(=O)CC(=O)O)c(F)c1. The lowest BCUT2D eigenvalue weighted by atomic mass is 10.1. The molecular weight excluding hydrogens is 263 g/mol. The van der Waals surface area contributed by atoms with E-state index < -0.39 is 24.0 Å². The Morgan fingerprint density at radius 2 is 2.00 bits per heavy atom. The van der Waals surface area contributed by atoms with Crippen LogP contribution in [0.2, 0.25) is 0 Å². The fourth-order valence-electron chi connectivity index (χ4n) is 1.76. The molecule has 0 atom stereocenters. The molecule has 20 heavy (non-hydrogen) atoms. The van der Waals surface area contributed by atoms with Gasteiger partial charge in [-0.15, -0.1) is 0 Å². The zero-order chi connectivity index (χ0) is 15.0. The van der Waals surface area contributed by atoms with Gasteiger partial charge in [0, 0.05) is 6.07 Å². The second-order valence-electron chi connectivity index (χ2n) is 4.54. The van der Waals surface area contributed by atoms with Crippen LogP contribution in [-0.2, 0) is 4.79 Å². The Balaban J connectivity index is 2.55. The highest BCUT2D eigenvalue weighted by atomic mass is 19.1. The van der Waals surface area contributed by atoms with Crippen LogP contribution in [0.5, 0.6) is 5.75 Å². The van der Waals surface area contributed by atoms with Gasteiger partial charge in [0.15, 0.2) is 5.78 Å². The molecule has 1 rings (SSSR count). The number of ketones is 1. The number of benzene rings is 1. The minimum Gasteiger partial charge on any atom is -0.493 e. The van der Waals surface area contributed by atoms with Gasteiger partial charge < -0.3 is 9.84 Å². The molecule has 0 radical (unpaired) electrons. The maximum atomic E-state index is 13.7. The van der Waals surface area contributed by atoms with E-state index in [9.17, 15) is 14.0 Å². The van der Waals surface area contributed by atoms with Crippen molar-refractivity contribution in [2.45, 2.75) is 39.0 Å². The molecule has 1 aromatic carbocycles. The lowest BCUT2D eigenvalue weighted by molar-refractivity contribution is -0.135. The molecule has 0 aromatic heterocycles. The number of carboxylic acids is 1. The zero-order valence-electron chi connectivity index (χ0n) is 11.5. The fourth-order valence-corrected chi connectivity index (χ4v) is 1.76. The Morgan fingerprint density at radius 3 is 2.60 bits per heavy atom. The van der Waals surface area contributed by atoms with E-state index >= 15 is 0 Å². The van der Waals surface area contributed by atoms with Gasteiger partial charge in [-0.3, -0.25) is 9.59 Å². The Bertz CT molecular complexity index is 471. The van der Waals surface area contributed by atoms with Crippen LogP contribution in [0, 0.1) is 5.82 Å². The molecule has 0 aliphatic heterocycles. The largest absolute Gasteiger partial charge is 0.493 e. The number of hydrogen-bond donors (Lipinski definition) is 1. The van der Waals surface area contributed by atoms with Gasteiger partial charge in [-0.05, 0) is 18.6 Å². The van der Waals surface area contributed by atoms with Gasteiger partial charge in [0.1, 0.15) is 18.0 Å². The molecular formula is C15H19FO4. The van der Waals surface area contributed by atoms with E-state index in [1.54, 1.807) is 0 Å². The number of rotatable bonds is 9. The molecule has 1 N–H and O–H groups in total. The van der Waals surface area contributed by atoms with Crippen LogP contribution in [0.4, 0.5) is 4.39 Å². The number of Topliss-reactive ketones (excluding diaryl/α,β-unsaturated/α-hetero) is 1. The van der Waals surface area contributed by atoms with Gasteiger partial charge in [-0.25, -0.2) is 4.39 Å². The maximum Gasteiger partial charge on any atom is 0.311 e. The molecule has 1 aromatic rings. The molecule has 110 valence electrons. The Hall–Kier alpha value is -1.91. The number of aliphatic carboxylic acids is 1. The van der Waals surface area contributed by atoms with Gasteiger partial charge in [-0.1, -0.05) is 26.2 Å². The first-order valence-corrected chi connectivity index (χ1v) is 6.72. The molecule has 0 spiro atoms. The highest BCUT2D eigenvalue weighted by Gasteiger charge is 2.15. The summed E-state index contributed by atoms with van der Waals surface area (Å²) in [5, 5.41) is 8.51. The molecule has 0 bridgehead atoms. The highest BCUT2D eigenvalue weighted by Crippen LogP contribution is 2.18. The molecule has 4 nitrogen and oxygen atoms in total. The van der Waals surface area contributed by atoms with Crippen molar-refractivity contribution in [1.29, 1.82) is 0 Å². The summed E-state index contributed by atoms with van der Waals surface area (Å²) in [6.45, 7) is 2.62. The van der Waals surface area contributed by atoms with Gasteiger partial charge in [0.05, 0.1) is 12.2 Å². The van der Waals surface area contributed by atoms with E-state index in [1.807, 2.05) is 0 Å². The number of carbonyl (C=O) groups excluding carboxylic acids is 1. The summed E-state index contributed by atoms with van der Waals surface area (Å²) < 4.78 is 19.1. The summed E-state index contributed by atoms with van der Waals surface area (Å²) in [5.41, 5.74) is -0.217. The maximum absolute atomic E-state index is 13.7. The standard InChI is InChI=1S/C15H19FO4/c1-2-3-4-5-8-20-11-6-7-12(13(16)9-11)14(17)10-15(18)19/h6-7,9H,2-5,8,10H2,1H3,(H,18,19). The number of halogens is 1. The number of carbonyl (C=O) groups is 2. The summed E-state index contributed by atoms with van der Waals surface area (Å²) >= 11 is 0. The van der Waals surface area contributed by atoms with Gasteiger partial charge >= 0.3 is 5.97 Å². The normalized spacial score (nSPS) is 10.3. The molecule has 0 aliphatic carbocycles. The Morgan fingerprint density at radius 1 is 1.25 bits per heavy atom. The van der Waals surface area contributed by atoms with Gasteiger partial charge in [0.25, 0.3) is 0 Å². The summed E-state index contributed by atoms with van der Waals surface area (Å²) in [6, 6.07) is 3.87. The summed E-state index contributed by atoms with van der Waals surface area (Å²) in [4.78, 5) is 21.9. The number of ether oxygens (including phenoxy) is 1. The van der Waals surface area contributed by atoms with E-state index in [0.717, 1.165) is 31.7 Å². The van der Waals surface area contributed by atoms with Crippen LogP contribution in [0.25, 0.3) is 0 Å². The third-order valence-corrected chi connectivity index (χ3v) is 2.82. The minimum atomic E-state index is -1.27. The van der Waals surface area contributed by atoms with Crippen LogP contribution in [0.15, 0.2) is 18.2 Å². The second-order valence-corrected chi connectivity index (χ2v) is 4.54. The van der Waals surface area contributed by atoms with E-state index in [4.69, 9.17) is 9.84 Å². The third kappa shape index (κ3) is 5.38. The predicted molar refractivity (Wildman–Crippen MR) is 72.6 cm³/mol. The lowest BCUT2D eigenvalue weighted by Gasteiger charge is -2.07. The molecule has 0 heterocycles. The van der Waals surface area contributed by atoms with Crippen molar-refractivity contribution in [1.82, 2.24) is 0 Å². The van der Waals surface area contributed by atoms with Crippen molar-refractivity contribution >= 4 is 11.8 Å². The van der Waals surface area contributed by atoms with Crippen molar-refractivity contribution in [2.75, 3.05) is 6.61 Å². The predicted octanol–water partition coefficient (Wildman–Crippen LogP) is 3.44. The summed E-state index contributed by atoms with van der Waals surface area (Å²) in [7, 11) is 0. The van der Waals surface area contributed by atoms with Crippen molar-refractivity contribution in [3.8, 4) is 5.75 Å². The van der Waals surface area contributed by atoms with Crippen molar-refractivity contribution in [2.24, 2.45) is 0 Å². The summed E-state index contributed by atoms with van der Waals surface area (Å²) in [6.07, 6.45) is 3.52. The molecule has 5 heteroatoms. The van der Waals surface area contributed by atoms with Crippen molar-refractivity contribution < 1.29 is 23.8 Å². The fraction of sp³-hybridized carbons (Fsp3) is 0.467. The molecule has 0 aliphatic rings. The van der Waals surface area contributed by atoms with E-state index in [2.05, 4.69) is 6.92 Å². The van der Waals surface area contributed by atoms with Crippen molar-refractivity contribution in [3.05, 3.63) is 29.6 Å². The van der Waals surface area contributed by atoms with Gasteiger partial charge in [0.2, 0.25) is 0 Å². The van der Waals surface area contributed by atoms with Crippen LogP contribution >= 0.6 is 0 Å². The smallest absolute Gasteiger partial charge is 0.311 e. The van der Waals surface area contributed by atoms with Crippen molar-refractivity contribution in [3.63, 3.8) is 0 Å². The van der Waals surface area contributed by atoms with Gasteiger partial charge in [-0.2, -0.15) is 0 Å². The van der Waals surface area contributed by atoms with E-state index in [-0.39, 0.29) is 5.56 Å². The molecule has 0 saturated carbocycles. The molecule has 0 fully saturated rings. The Kier molecular flexibility index (Phi) is 6.70. The molecule has 0 unspecified atom stereocenters. The quantitative estimate of drug-likeness (QED) is 0.428. The molecule has 0 amide bonds.